The van der Waals surface area contributed by atoms with Crippen molar-refractivity contribution in [3.8, 4) is 22.5 Å². The van der Waals surface area contributed by atoms with Gasteiger partial charge in [0.05, 0.1) is 5.58 Å². The van der Waals surface area contributed by atoms with Gasteiger partial charge >= 0.3 is 0 Å². The second kappa shape index (κ2) is 10.8. The Morgan fingerprint density at radius 1 is 0.714 bits per heavy atom. The minimum Gasteiger partial charge on any atom is -0.501 e. The number of aromatic nitrogens is 2. The number of rotatable bonds is 2. The number of aryl methyl sites for hydroxylation is 3. The maximum atomic E-state index is 6.01. The molecule has 0 unspecified atom stereocenters. The third kappa shape index (κ3) is 5.40. The number of hydrogen-bond acceptors (Lipinski definition) is 3. The van der Waals surface area contributed by atoms with E-state index in [1.165, 1.54) is 16.7 Å². The first-order valence-corrected chi connectivity index (χ1v) is 11.2. The molecule has 6 aromatic rings. The molecule has 0 fully saturated rings. The van der Waals surface area contributed by atoms with E-state index in [-0.39, 0.29) is 20.1 Å². The third-order valence-corrected chi connectivity index (χ3v) is 5.67. The Balaban J connectivity index is 0.000000171. The molecule has 0 spiro atoms. The summed E-state index contributed by atoms with van der Waals surface area (Å²) in [6.07, 6.45) is 3.70. The Kier molecular flexibility index (Phi) is 7.55. The van der Waals surface area contributed by atoms with Gasteiger partial charge in [0.1, 0.15) is 5.58 Å². The van der Waals surface area contributed by atoms with Gasteiger partial charge in [-0.25, -0.2) is 0 Å². The standard InChI is InChI=1S/C18H12NO.C13H12N.Ir/c1-12-9-10-19-16(11-12)15-7-4-6-14-13-5-2-3-8-17(13)20-18(14)15;1-10-3-6-12(7-4-10)13-8-5-11(2)9-14-13;/h2-6,8-11H,1H3;3-6,8-9H,1-2H3;/q2*-1;. The first-order valence-electron chi connectivity index (χ1n) is 11.2. The zero-order valence-corrected chi connectivity index (χ0v) is 22.2. The van der Waals surface area contributed by atoms with E-state index in [1.54, 1.807) is 0 Å². The smallest absolute Gasteiger partial charge is 0.120 e. The summed E-state index contributed by atoms with van der Waals surface area (Å²) in [5.41, 5.74) is 9.18. The van der Waals surface area contributed by atoms with Gasteiger partial charge in [-0.05, 0) is 42.9 Å². The fourth-order valence-corrected chi connectivity index (χ4v) is 3.84. The zero-order valence-electron chi connectivity index (χ0n) is 19.8. The normalized spacial score (nSPS) is 10.5. The molecule has 3 nitrogen and oxygen atoms in total. The van der Waals surface area contributed by atoms with Crippen molar-refractivity contribution in [3.63, 3.8) is 0 Å². The van der Waals surface area contributed by atoms with Crippen LogP contribution in [0.15, 0.2) is 95.7 Å². The molecule has 3 aromatic carbocycles. The van der Waals surface area contributed by atoms with Crippen LogP contribution >= 0.6 is 0 Å². The molecule has 4 heteroatoms. The summed E-state index contributed by atoms with van der Waals surface area (Å²) in [6.45, 7) is 6.16. The van der Waals surface area contributed by atoms with E-state index in [9.17, 15) is 0 Å². The minimum atomic E-state index is 0. The quantitative estimate of drug-likeness (QED) is 0.182. The maximum Gasteiger partial charge on any atom is 0.120 e. The van der Waals surface area contributed by atoms with Crippen molar-refractivity contribution in [3.05, 3.63) is 120 Å². The fraction of sp³-hybridized carbons (Fsp3) is 0.0968. The number of benzene rings is 3. The van der Waals surface area contributed by atoms with Gasteiger partial charge in [0.15, 0.2) is 0 Å². The second-order valence-corrected chi connectivity index (χ2v) is 8.41. The van der Waals surface area contributed by atoms with Gasteiger partial charge < -0.3 is 14.4 Å². The van der Waals surface area contributed by atoms with E-state index >= 15 is 0 Å². The molecule has 0 saturated heterocycles. The molecule has 3 aromatic heterocycles. The predicted molar refractivity (Wildman–Crippen MR) is 139 cm³/mol. The Morgan fingerprint density at radius 2 is 1.54 bits per heavy atom. The molecule has 3 heterocycles. The average Bonchev–Trinajstić information content (AvgIpc) is 3.24. The Morgan fingerprint density at radius 3 is 2.29 bits per heavy atom. The average molecular weight is 633 g/mol. The van der Waals surface area contributed by atoms with Crippen molar-refractivity contribution in [2.45, 2.75) is 20.8 Å². The topological polar surface area (TPSA) is 38.9 Å². The van der Waals surface area contributed by atoms with Gasteiger partial charge in [-0.1, -0.05) is 59.8 Å². The predicted octanol–water partition coefficient (Wildman–Crippen LogP) is 7.92. The molecule has 6 rings (SSSR count). The van der Waals surface area contributed by atoms with E-state index in [4.69, 9.17) is 4.42 Å². The van der Waals surface area contributed by atoms with Crippen molar-refractivity contribution in [2.24, 2.45) is 0 Å². The molecule has 0 amide bonds. The Labute approximate surface area is 219 Å². The molecule has 0 N–H and O–H groups in total. The van der Waals surface area contributed by atoms with Gasteiger partial charge in [-0.2, -0.15) is 0 Å². The van der Waals surface area contributed by atoms with Crippen LogP contribution in [0.3, 0.4) is 0 Å². The number of furan rings is 1. The van der Waals surface area contributed by atoms with E-state index in [0.717, 1.165) is 44.5 Å². The third-order valence-electron chi connectivity index (χ3n) is 5.67. The van der Waals surface area contributed by atoms with E-state index in [1.807, 2.05) is 73.9 Å². The van der Waals surface area contributed by atoms with Crippen molar-refractivity contribution < 1.29 is 24.5 Å². The molecule has 35 heavy (non-hydrogen) atoms. The van der Waals surface area contributed by atoms with Crippen molar-refractivity contribution in [1.82, 2.24) is 9.97 Å². The molecule has 0 aliphatic rings. The number of nitrogens with zero attached hydrogens (tertiary/aromatic N) is 2. The molecule has 0 atom stereocenters. The molecule has 0 saturated carbocycles. The first kappa shape index (κ1) is 24.5. The van der Waals surface area contributed by atoms with Crippen molar-refractivity contribution >= 4 is 21.9 Å². The summed E-state index contributed by atoms with van der Waals surface area (Å²) < 4.78 is 6.01. The van der Waals surface area contributed by atoms with Gasteiger partial charge in [0.2, 0.25) is 0 Å². The van der Waals surface area contributed by atoms with Crippen LogP contribution < -0.4 is 0 Å². The number of pyridine rings is 2. The molecule has 1 radical (unpaired) electrons. The molecule has 0 aliphatic heterocycles. The van der Waals surface area contributed by atoms with Crippen LogP contribution in [0.1, 0.15) is 16.7 Å². The Hall–Kier alpha value is -3.59. The Bertz CT molecular complexity index is 1520. The molecule has 175 valence electrons. The van der Waals surface area contributed by atoms with Crippen LogP contribution in [0.5, 0.6) is 0 Å². The fourth-order valence-electron chi connectivity index (χ4n) is 3.84. The largest absolute Gasteiger partial charge is 0.501 e. The van der Waals surface area contributed by atoms with Crippen LogP contribution in [-0.4, -0.2) is 9.97 Å². The summed E-state index contributed by atoms with van der Waals surface area (Å²) in [7, 11) is 0. The first-order chi connectivity index (χ1) is 16.6. The van der Waals surface area contributed by atoms with Crippen LogP contribution in [-0.2, 0) is 20.1 Å². The number of para-hydroxylation sites is 1. The van der Waals surface area contributed by atoms with Crippen LogP contribution in [0.2, 0.25) is 0 Å². The van der Waals surface area contributed by atoms with Crippen LogP contribution in [0.4, 0.5) is 0 Å². The number of fused-ring (bicyclic) bond motifs is 3. The monoisotopic (exact) mass is 633 g/mol. The molecular formula is C31H24IrN2O-2. The summed E-state index contributed by atoms with van der Waals surface area (Å²) in [6, 6.07) is 32.8. The zero-order chi connectivity index (χ0) is 23.5. The van der Waals surface area contributed by atoms with Crippen LogP contribution in [0, 0.1) is 32.9 Å². The van der Waals surface area contributed by atoms with Crippen molar-refractivity contribution in [1.29, 1.82) is 0 Å². The maximum absolute atomic E-state index is 6.01. The van der Waals surface area contributed by atoms with Gasteiger partial charge in [-0.3, -0.25) is 0 Å². The number of hydrogen-bond donors (Lipinski definition) is 0. The minimum absolute atomic E-state index is 0. The van der Waals surface area contributed by atoms with Gasteiger partial charge in [0.25, 0.3) is 0 Å². The van der Waals surface area contributed by atoms with E-state index < -0.39 is 0 Å². The summed E-state index contributed by atoms with van der Waals surface area (Å²) in [4.78, 5) is 8.79. The summed E-state index contributed by atoms with van der Waals surface area (Å²) in [5.74, 6) is 0. The molecule has 0 aliphatic carbocycles. The molecular weight excluding hydrogens is 609 g/mol. The van der Waals surface area contributed by atoms with Crippen LogP contribution in [0.25, 0.3) is 44.5 Å². The molecule has 0 bridgehead atoms. The SMILES string of the molecule is Cc1c[c-]c(-c2ccc(C)cn2)cc1.Cc1ccnc(-c2[c-]ccc3c2oc2ccccc23)c1.[Ir]. The van der Waals surface area contributed by atoms with Gasteiger partial charge in [0, 0.05) is 37.9 Å². The van der Waals surface area contributed by atoms with Gasteiger partial charge in [-0.15, -0.1) is 53.6 Å². The van der Waals surface area contributed by atoms with Crippen molar-refractivity contribution in [2.75, 3.05) is 0 Å². The summed E-state index contributed by atoms with van der Waals surface area (Å²) in [5, 5.41) is 2.24. The van der Waals surface area contributed by atoms with E-state index in [0.29, 0.717) is 0 Å². The van der Waals surface area contributed by atoms with E-state index in [2.05, 4.69) is 60.2 Å². The summed E-state index contributed by atoms with van der Waals surface area (Å²) >= 11 is 0. The second-order valence-electron chi connectivity index (χ2n) is 8.41.